The van der Waals surface area contributed by atoms with E-state index in [1.165, 1.54) is 11.8 Å². The van der Waals surface area contributed by atoms with Crippen molar-refractivity contribution in [2.75, 3.05) is 11.4 Å². The standard InChI is InChI=1S/C20H23N3OS/c1-4-22(16-11-7-6-8-12-16)19(24)15(3)25-20-21-17-13-9-10-14-18(17)23(20)5-2/h6-15H,4-5H2,1-3H3. The van der Waals surface area contributed by atoms with Gasteiger partial charge in [-0.1, -0.05) is 42.1 Å². The first-order valence-corrected chi connectivity index (χ1v) is 9.52. The van der Waals surface area contributed by atoms with E-state index in [2.05, 4.69) is 17.6 Å². The average molecular weight is 353 g/mol. The summed E-state index contributed by atoms with van der Waals surface area (Å²) >= 11 is 1.53. The second-order valence-corrected chi connectivity index (χ2v) is 7.11. The van der Waals surface area contributed by atoms with Gasteiger partial charge in [0.1, 0.15) is 0 Å². The molecule has 3 aromatic rings. The van der Waals surface area contributed by atoms with Crippen molar-refractivity contribution in [1.82, 2.24) is 9.55 Å². The summed E-state index contributed by atoms with van der Waals surface area (Å²) in [5.41, 5.74) is 3.02. The SMILES string of the molecule is CCN(C(=O)C(C)Sc1nc2ccccc2n1CC)c1ccccc1. The van der Waals surface area contributed by atoms with Crippen LogP contribution in [0.4, 0.5) is 5.69 Å². The summed E-state index contributed by atoms with van der Waals surface area (Å²) < 4.78 is 2.17. The molecule has 5 heteroatoms. The van der Waals surface area contributed by atoms with Crippen molar-refractivity contribution in [3.63, 3.8) is 0 Å². The Morgan fingerprint density at radius 2 is 1.80 bits per heavy atom. The number of carbonyl (C=O) groups excluding carboxylic acids is 1. The number of nitrogens with zero attached hydrogens (tertiary/aromatic N) is 3. The molecule has 1 unspecified atom stereocenters. The van der Waals surface area contributed by atoms with Crippen molar-refractivity contribution in [1.29, 1.82) is 0 Å². The van der Waals surface area contributed by atoms with Gasteiger partial charge in [0.2, 0.25) is 5.91 Å². The van der Waals surface area contributed by atoms with E-state index in [-0.39, 0.29) is 11.2 Å². The van der Waals surface area contributed by atoms with Crippen LogP contribution in [0, 0.1) is 0 Å². The van der Waals surface area contributed by atoms with Crippen LogP contribution in [-0.2, 0) is 11.3 Å². The van der Waals surface area contributed by atoms with Gasteiger partial charge in [0.25, 0.3) is 0 Å². The molecule has 0 fully saturated rings. The lowest BCUT2D eigenvalue weighted by molar-refractivity contribution is -0.117. The smallest absolute Gasteiger partial charge is 0.240 e. The summed E-state index contributed by atoms with van der Waals surface area (Å²) in [6.07, 6.45) is 0. The molecule has 3 rings (SSSR count). The second-order valence-electron chi connectivity index (χ2n) is 5.81. The Morgan fingerprint density at radius 3 is 2.48 bits per heavy atom. The van der Waals surface area contributed by atoms with E-state index in [0.29, 0.717) is 6.54 Å². The maximum atomic E-state index is 13.0. The van der Waals surface area contributed by atoms with Gasteiger partial charge < -0.3 is 9.47 Å². The topological polar surface area (TPSA) is 38.1 Å². The Balaban J connectivity index is 1.84. The highest BCUT2D eigenvalue weighted by molar-refractivity contribution is 8.00. The number of anilines is 1. The number of fused-ring (bicyclic) bond motifs is 1. The Labute approximate surface area is 152 Å². The van der Waals surface area contributed by atoms with Crippen molar-refractivity contribution in [3.05, 3.63) is 54.6 Å². The Hall–Kier alpha value is -2.27. The van der Waals surface area contributed by atoms with E-state index >= 15 is 0 Å². The molecule has 0 radical (unpaired) electrons. The number of aryl methyl sites for hydroxylation is 1. The number of thioether (sulfide) groups is 1. The monoisotopic (exact) mass is 353 g/mol. The van der Waals surface area contributed by atoms with Crippen molar-refractivity contribution in [2.45, 2.75) is 37.7 Å². The van der Waals surface area contributed by atoms with Crippen LogP contribution in [0.25, 0.3) is 11.0 Å². The number of rotatable bonds is 6. The number of aromatic nitrogens is 2. The van der Waals surface area contributed by atoms with Crippen LogP contribution in [0.1, 0.15) is 20.8 Å². The third-order valence-corrected chi connectivity index (χ3v) is 5.29. The van der Waals surface area contributed by atoms with Gasteiger partial charge in [-0.3, -0.25) is 4.79 Å². The van der Waals surface area contributed by atoms with Crippen LogP contribution >= 0.6 is 11.8 Å². The van der Waals surface area contributed by atoms with Crippen LogP contribution in [-0.4, -0.2) is 27.3 Å². The molecule has 0 N–H and O–H groups in total. The largest absolute Gasteiger partial charge is 0.319 e. The highest BCUT2D eigenvalue weighted by atomic mass is 32.2. The number of imidazole rings is 1. The van der Waals surface area contributed by atoms with E-state index < -0.39 is 0 Å². The molecule has 0 aliphatic heterocycles. The van der Waals surface area contributed by atoms with Gasteiger partial charge in [-0.2, -0.15) is 0 Å². The number of para-hydroxylation sites is 3. The Morgan fingerprint density at radius 1 is 1.12 bits per heavy atom. The van der Waals surface area contributed by atoms with E-state index in [1.54, 1.807) is 0 Å². The van der Waals surface area contributed by atoms with Crippen molar-refractivity contribution in [2.24, 2.45) is 0 Å². The molecular weight excluding hydrogens is 330 g/mol. The predicted octanol–water partition coefficient (Wildman–Crippen LogP) is 4.59. The maximum Gasteiger partial charge on any atom is 0.240 e. The van der Waals surface area contributed by atoms with Crippen molar-refractivity contribution >= 4 is 34.4 Å². The second kappa shape index (κ2) is 7.74. The highest BCUT2D eigenvalue weighted by Crippen LogP contribution is 2.29. The molecule has 0 aliphatic rings. The van der Waals surface area contributed by atoms with Crippen LogP contribution in [0.2, 0.25) is 0 Å². The molecule has 0 saturated heterocycles. The zero-order valence-electron chi connectivity index (χ0n) is 14.8. The summed E-state index contributed by atoms with van der Waals surface area (Å²) in [4.78, 5) is 19.5. The zero-order chi connectivity index (χ0) is 17.8. The third kappa shape index (κ3) is 3.56. The van der Waals surface area contributed by atoms with Gasteiger partial charge in [0, 0.05) is 18.8 Å². The van der Waals surface area contributed by atoms with E-state index in [4.69, 9.17) is 4.98 Å². The van der Waals surface area contributed by atoms with Gasteiger partial charge in [0.05, 0.1) is 16.3 Å². The summed E-state index contributed by atoms with van der Waals surface area (Å²) in [7, 11) is 0. The molecule has 0 spiro atoms. The minimum absolute atomic E-state index is 0.105. The van der Waals surface area contributed by atoms with Gasteiger partial charge in [-0.25, -0.2) is 4.98 Å². The van der Waals surface area contributed by atoms with Gasteiger partial charge in [0.15, 0.2) is 5.16 Å². The lowest BCUT2D eigenvalue weighted by Crippen LogP contribution is -2.36. The van der Waals surface area contributed by atoms with Crippen LogP contribution in [0.15, 0.2) is 59.8 Å². The summed E-state index contributed by atoms with van der Waals surface area (Å²) in [6, 6.07) is 17.9. The van der Waals surface area contributed by atoms with Gasteiger partial charge in [-0.15, -0.1) is 0 Å². The molecule has 0 aliphatic carbocycles. The summed E-state index contributed by atoms with van der Waals surface area (Å²) in [6.45, 7) is 7.55. The predicted molar refractivity (Wildman–Crippen MR) is 105 cm³/mol. The number of benzene rings is 2. The first-order valence-electron chi connectivity index (χ1n) is 8.64. The first kappa shape index (κ1) is 17.5. The van der Waals surface area contributed by atoms with E-state index in [9.17, 15) is 4.79 Å². The molecule has 0 saturated carbocycles. The minimum atomic E-state index is -0.206. The molecule has 1 aromatic heterocycles. The molecule has 1 amide bonds. The highest BCUT2D eigenvalue weighted by Gasteiger charge is 2.24. The third-order valence-electron chi connectivity index (χ3n) is 4.22. The van der Waals surface area contributed by atoms with Crippen molar-refractivity contribution < 1.29 is 4.79 Å². The molecule has 2 aromatic carbocycles. The molecule has 1 heterocycles. The Bertz CT molecular complexity index is 860. The maximum absolute atomic E-state index is 13.0. The average Bonchev–Trinajstić information content (AvgIpc) is 3.00. The lowest BCUT2D eigenvalue weighted by Gasteiger charge is -2.24. The van der Waals surface area contributed by atoms with Crippen molar-refractivity contribution in [3.8, 4) is 0 Å². The number of carbonyl (C=O) groups is 1. The molecule has 25 heavy (non-hydrogen) atoms. The molecule has 130 valence electrons. The summed E-state index contributed by atoms with van der Waals surface area (Å²) in [5.74, 6) is 0.105. The zero-order valence-corrected chi connectivity index (χ0v) is 15.7. The first-order chi connectivity index (χ1) is 12.2. The number of hydrogen-bond donors (Lipinski definition) is 0. The molecule has 1 atom stereocenters. The minimum Gasteiger partial charge on any atom is -0.319 e. The van der Waals surface area contributed by atoms with E-state index in [0.717, 1.165) is 28.4 Å². The number of amides is 1. The number of hydrogen-bond acceptors (Lipinski definition) is 3. The Kier molecular flexibility index (Phi) is 5.43. The quantitative estimate of drug-likeness (QED) is 0.608. The van der Waals surface area contributed by atoms with Crippen LogP contribution < -0.4 is 4.90 Å². The molecular formula is C20H23N3OS. The summed E-state index contributed by atoms with van der Waals surface area (Å²) in [5, 5.41) is 0.691. The van der Waals surface area contributed by atoms with Crippen LogP contribution in [0.3, 0.4) is 0 Å². The van der Waals surface area contributed by atoms with E-state index in [1.807, 2.05) is 67.3 Å². The molecule has 0 bridgehead atoms. The normalized spacial score (nSPS) is 12.3. The fraction of sp³-hybridized carbons (Fsp3) is 0.300. The van der Waals surface area contributed by atoms with Gasteiger partial charge in [-0.05, 0) is 45.0 Å². The van der Waals surface area contributed by atoms with Crippen LogP contribution in [0.5, 0.6) is 0 Å². The lowest BCUT2D eigenvalue weighted by atomic mass is 10.2. The molecule has 4 nitrogen and oxygen atoms in total. The fourth-order valence-electron chi connectivity index (χ4n) is 2.95. The van der Waals surface area contributed by atoms with Gasteiger partial charge >= 0.3 is 0 Å². The fourth-order valence-corrected chi connectivity index (χ4v) is 4.00.